The molecule has 0 fully saturated rings. The Kier molecular flexibility index (Phi) is 4.01. The van der Waals surface area contributed by atoms with Gasteiger partial charge in [0.2, 0.25) is 0 Å². The van der Waals surface area contributed by atoms with Crippen LogP contribution in [-0.4, -0.2) is 36.7 Å². The first-order valence-electron chi connectivity index (χ1n) is 4.59. The summed E-state index contributed by atoms with van der Waals surface area (Å²) < 4.78 is 35.1. The third kappa shape index (κ3) is 3.01. The fraction of sp³-hybridized carbons (Fsp3) is 0.400. The summed E-state index contributed by atoms with van der Waals surface area (Å²) >= 11 is 0. The lowest BCUT2D eigenvalue weighted by atomic mass is 10.1. The van der Waals surface area contributed by atoms with Crippen LogP contribution in [0.3, 0.4) is 0 Å². The number of hydrogen-bond donors (Lipinski definition) is 2. The number of hydrogen-bond acceptors (Lipinski definition) is 4. The highest BCUT2D eigenvalue weighted by atomic mass is 32.2. The van der Waals surface area contributed by atoms with Crippen molar-refractivity contribution in [3.05, 3.63) is 35.6 Å². The van der Waals surface area contributed by atoms with Gasteiger partial charge >= 0.3 is 0 Å². The first-order chi connectivity index (χ1) is 7.36. The van der Waals surface area contributed by atoms with E-state index < -0.39 is 33.6 Å². The summed E-state index contributed by atoms with van der Waals surface area (Å²) in [6, 6.07) is 4.81. The summed E-state index contributed by atoms with van der Waals surface area (Å²) in [6.45, 7) is -0.683. The van der Waals surface area contributed by atoms with Crippen molar-refractivity contribution in [2.24, 2.45) is 0 Å². The van der Waals surface area contributed by atoms with Gasteiger partial charge in [-0.15, -0.1) is 0 Å². The molecule has 0 aromatic heterocycles. The number of rotatable bonds is 4. The molecule has 0 radical (unpaired) electrons. The minimum absolute atomic E-state index is 0.255. The van der Waals surface area contributed by atoms with E-state index in [1.807, 2.05) is 0 Å². The summed E-state index contributed by atoms with van der Waals surface area (Å²) in [5, 5.41) is 17.4. The zero-order valence-electron chi connectivity index (χ0n) is 8.67. The molecule has 0 saturated carbocycles. The molecule has 0 aliphatic heterocycles. The van der Waals surface area contributed by atoms with Crippen LogP contribution in [0, 0.1) is 5.82 Å². The smallest absolute Gasteiger partial charge is 0.155 e. The summed E-state index contributed by atoms with van der Waals surface area (Å²) in [6.07, 6.45) is -0.429. The molecule has 16 heavy (non-hydrogen) atoms. The Balaban J connectivity index is 3.00. The molecule has 0 aliphatic carbocycles. The van der Waals surface area contributed by atoms with Crippen LogP contribution in [0.5, 0.6) is 0 Å². The third-order valence-electron chi connectivity index (χ3n) is 2.29. The highest BCUT2D eigenvalue weighted by Crippen LogP contribution is 2.21. The summed E-state index contributed by atoms with van der Waals surface area (Å²) in [5.74, 6) is -0.476. The van der Waals surface area contributed by atoms with Gasteiger partial charge in [-0.2, -0.15) is 0 Å². The van der Waals surface area contributed by atoms with Gasteiger partial charge in [-0.05, 0) is 17.7 Å². The van der Waals surface area contributed by atoms with Gasteiger partial charge in [0.05, 0.1) is 12.7 Å². The van der Waals surface area contributed by atoms with Crippen molar-refractivity contribution in [1.82, 2.24) is 0 Å². The van der Waals surface area contributed by atoms with Gasteiger partial charge in [0.25, 0.3) is 0 Å². The third-order valence-corrected chi connectivity index (χ3v) is 3.80. The lowest BCUT2D eigenvalue weighted by Gasteiger charge is -2.19. The SMILES string of the molecule is CS(=O)(=O)[C@@H](CO)[C@H](O)c1ccc(F)cc1. The van der Waals surface area contributed by atoms with Crippen molar-refractivity contribution in [2.45, 2.75) is 11.4 Å². The molecule has 0 unspecified atom stereocenters. The molecule has 2 N–H and O–H groups in total. The van der Waals surface area contributed by atoms with Gasteiger partial charge < -0.3 is 10.2 Å². The number of halogens is 1. The fourth-order valence-corrected chi connectivity index (χ4v) is 2.24. The average molecular weight is 248 g/mol. The van der Waals surface area contributed by atoms with Crippen molar-refractivity contribution in [3.8, 4) is 0 Å². The highest BCUT2D eigenvalue weighted by molar-refractivity contribution is 7.91. The van der Waals surface area contributed by atoms with E-state index in [2.05, 4.69) is 0 Å². The Labute approximate surface area is 93.3 Å². The van der Waals surface area contributed by atoms with Crippen molar-refractivity contribution in [1.29, 1.82) is 0 Å². The number of aliphatic hydroxyl groups is 2. The monoisotopic (exact) mass is 248 g/mol. The minimum atomic E-state index is -3.57. The Morgan fingerprint density at radius 2 is 1.81 bits per heavy atom. The highest BCUT2D eigenvalue weighted by Gasteiger charge is 2.29. The molecule has 0 spiro atoms. The van der Waals surface area contributed by atoms with Crippen LogP contribution in [0.25, 0.3) is 0 Å². The first kappa shape index (κ1) is 13.1. The predicted molar refractivity (Wildman–Crippen MR) is 57.1 cm³/mol. The zero-order chi connectivity index (χ0) is 12.3. The Bertz CT molecular complexity index is 440. The van der Waals surface area contributed by atoms with Gasteiger partial charge in [-0.25, -0.2) is 12.8 Å². The molecule has 2 atom stereocenters. The number of sulfone groups is 1. The maximum atomic E-state index is 12.6. The lowest BCUT2D eigenvalue weighted by Crippen LogP contribution is -2.31. The molecule has 0 bridgehead atoms. The van der Waals surface area contributed by atoms with Crippen LogP contribution in [0.15, 0.2) is 24.3 Å². The maximum absolute atomic E-state index is 12.6. The van der Waals surface area contributed by atoms with Gasteiger partial charge in [-0.1, -0.05) is 12.1 Å². The number of aliphatic hydroxyl groups excluding tert-OH is 2. The predicted octanol–water partition coefficient (Wildman–Crippen LogP) is 0.265. The quantitative estimate of drug-likeness (QED) is 0.801. The van der Waals surface area contributed by atoms with Gasteiger partial charge in [0, 0.05) is 6.26 Å². The second-order valence-corrected chi connectivity index (χ2v) is 5.81. The van der Waals surface area contributed by atoms with Gasteiger partial charge in [0.15, 0.2) is 9.84 Å². The van der Waals surface area contributed by atoms with Crippen molar-refractivity contribution in [3.63, 3.8) is 0 Å². The van der Waals surface area contributed by atoms with Crippen molar-refractivity contribution < 1.29 is 23.0 Å². The first-order valence-corrected chi connectivity index (χ1v) is 6.55. The largest absolute Gasteiger partial charge is 0.395 e. The molecule has 0 amide bonds. The average Bonchev–Trinajstić information content (AvgIpc) is 2.17. The summed E-state index contributed by atoms with van der Waals surface area (Å²) in [4.78, 5) is 0. The molecular formula is C10H13FO4S. The molecule has 6 heteroatoms. The van der Waals surface area contributed by atoms with Crippen LogP contribution in [0.4, 0.5) is 4.39 Å². The Morgan fingerprint density at radius 1 is 1.31 bits per heavy atom. The molecule has 0 saturated heterocycles. The van der Waals surface area contributed by atoms with Gasteiger partial charge in [-0.3, -0.25) is 0 Å². The number of benzene rings is 1. The fourth-order valence-electron chi connectivity index (χ4n) is 1.34. The van der Waals surface area contributed by atoms with E-state index in [9.17, 15) is 17.9 Å². The second kappa shape index (κ2) is 4.90. The molecule has 1 aromatic carbocycles. The molecule has 0 aliphatic rings. The summed E-state index contributed by atoms with van der Waals surface area (Å²) in [7, 11) is -3.57. The normalized spacial score (nSPS) is 15.8. The topological polar surface area (TPSA) is 74.6 Å². The van der Waals surface area contributed by atoms with E-state index in [1.165, 1.54) is 12.1 Å². The Morgan fingerprint density at radius 3 is 2.19 bits per heavy atom. The van der Waals surface area contributed by atoms with E-state index >= 15 is 0 Å². The molecule has 4 nitrogen and oxygen atoms in total. The van der Waals surface area contributed by atoms with Crippen LogP contribution in [-0.2, 0) is 9.84 Å². The van der Waals surface area contributed by atoms with E-state index in [1.54, 1.807) is 0 Å². The van der Waals surface area contributed by atoms with Crippen molar-refractivity contribution >= 4 is 9.84 Å². The standard InChI is InChI=1S/C10H13FO4S/c1-16(14,15)9(6-12)10(13)7-2-4-8(11)5-3-7/h2-5,9-10,12-13H,6H2,1H3/t9-,10+/m0/s1. The molecule has 1 aromatic rings. The van der Waals surface area contributed by atoms with E-state index in [4.69, 9.17) is 5.11 Å². The van der Waals surface area contributed by atoms with E-state index in [0.29, 0.717) is 0 Å². The van der Waals surface area contributed by atoms with Crippen LogP contribution < -0.4 is 0 Å². The molecular weight excluding hydrogens is 235 g/mol. The molecule has 0 heterocycles. The second-order valence-electron chi connectivity index (χ2n) is 3.55. The molecule has 1 rings (SSSR count). The minimum Gasteiger partial charge on any atom is -0.395 e. The summed E-state index contributed by atoms with van der Waals surface area (Å²) in [5.41, 5.74) is 0.255. The van der Waals surface area contributed by atoms with E-state index in [-0.39, 0.29) is 5.56 Å². The van der Waals surface area contributed by atoms with Crippen molar-refractivity contribution in [2.75, 3.05) is 12.9 Å². The maximum Gasteiger partial charge on any atom is 0.155 e. The lowest BCUT2D eigenvalue weighted by molar-refractivity contribution is 0.138. The van der Waals surface area contributed by atoms with Gasteiger partial charge in [0.1, 0.15) is 11.1 Å². The van der Waals surface area contributed by atoms with E-state index in [0.717, 1.165) is 18.4 Å². The zero-order valence-corrected chi connectivity index (χ0v) is 9.48. The molecule has 90 valence electrons. The van der Waals surface area contributed by atoms with Crippen LogP contribution in [0.2, 0.25) is 0 Å². The van der Waals surface area contributed by atoms with Crippen LogP contribution >= 0.6 is 0 Å². The van der Waals surface area contributed by atoms with Crippen LogP contribution in [0.1, 0.15) is 11.7 Å². The Hall–Kier alpha value is -0.980.